The van der Waals surface area contributed by atoms with Crippen LogP contribution in [0.2, 0.25) is 0 Å². The van der Waals surface area contributed by atoms with Crippen molar-refractivity contribution in [2.75, 3.05) is 39.0 Å². The largest absolute Gasteiger partial charge is 0.382 e. The Bertz CT molecular complexity index is 1270. The molecule has 3 heterocycles. The van der Waals surface area contributed by atoms with Crippen LogP contribution in [-0.2, 0) is 12.8 Å². The molecule has 0 aliphatic carbocycles. The van der Waals surface area contributed by atoms with Crippen molar-refractivity contribution in [2.45, 2.75) is 32.7 Å². The Morgan fingerprint density at radius 2 is 1.64 bits per heavy atom. The fraction of sp³-hybridized carbons (Fsp3) is 0.357. The summed E-state index contributed by atoms with van der Waals surface area (Å²) in [6, 6.07) is 18.2. The van der Waals surface area contributed by atoms with Gasteiger partial charge in [0.15, 0.2) is 5.82 Å². The molecule has 5 heteroatoms. The molecular weight excluding hydrogens is 406 g/mol. The van der Waals surface area contributed by atoms with Gasteiger partial charge in [-0.15, -0.1) is 0 Å². The Hall–Kier alpha value is -3.02. The predicted octanol–water partition coefficient (Wildman–Crippen LogP) is 4.77. The van der Waals surface area contributed by atoms with Crippen molar-refractivity contribution in [3.63, 3.8) is 0 Å². The van der Waals surface area contributed by atoms with Crippen LogP contribution in [0.5, 0.6) is 0 Å². The minimum Gasteiger partial charge on any atom is -0.382 e. The van der Waals surface area contributed by atoms with Crippen molar-refractivity contribution in [3.8, 4) is 0 Å². The van der Waals surface area contributed by atoms with Crippen molar-refractivity contribution >= 4 is 27.6 Å². The van der Waals surface area contributed by atoms with Crippen molar-refractivity contribution in [1.82, 2.24) is 19.8 Å². The van der Waals surface area contributed by atoms with Gasteiger partial charge in [-0.2, -0.15) is 0 Å². The topological polar surface area (TPSA) is 58.3 Å². The lowest BCUT2D eigenvalue weighted by atomic mass is 9.99. The third kappa shape index (κ3) is 4.56. The lowest BCUT2D eigenvalue weighted by Crippen LogP contribution is -2.45. The van der Waals surface area contributed by atoms with E-state index in [1.54, 1.807) is 0 Å². The van der Waals surface area contributed by atoms with Gasteiger partial charge in [0.2, 0.25) is 0 Å². The standard InChI is InChI=1S/C28H33N5/c1-19-4-11-24-25-17-22(18-30-27(25)28(29)31-26(24)16-19)6-5-21-7-9-23(10-8-21)20(2)33-14-12-32(3)13-15-33/h4,7-11,16-18,20H,5-6,12-15H2,1-3H3,(H2,29,31). The van der Waals surface area contributed by atoms with E-state index in [4.69, 9.17) is 5.73 Å². The van der Waals surface area contributed by atoms with E-state index in [1.807, 2.05) is 6.20 Å². The van der Waals surface area contributed by atoms with Crippen LogP contribution < -0.4 is 5.73 Å². The zero-order valence-corrected chi connectivity index (χ0v) is 19.9. The van der Waals surface area contributed by atoms with Crippen molar-refractivity contribution in [2.24, 2.45) is 0 Å². The first-order valence-electron chi connectivity index (χ1n) is 11.9. The number of benzene rings is 2. The summed E-state index contributed by atoms with van der Waals surface area (Å²) in [5.74, 6) is 0.500. The van der Waals surface area contributed by atoms with Crippen LogP contribution in [0.15, 0.2) is 54.7 Å². The molecule has 2 aromatic heterocycles. The van der Waals surface area contributed by atoms with Crippen LogP contribution in [0.4, 0.5) is 5.82 Å². The van der Waals surface area contributed by atoms with Gasteiger partial charge in [0.05, 0.1) is 5.52 Å². The highest BCUT2D eigenvalue weighted by molar-refractivity contribution is 6.08. The second-order valence-electron chi connectivity index (χ2n) is 9.51. The zero-order valence-electron chi connectivity index (χ0n) is 19.9. The van der Waals surface area contributed by atoms with Gasteiger partial charge >= 0.3 is 0 Å². The molecule has 170 valence electrons. The van der Waals surface area contributed by atoms with E-state index in [-0.39, 0.29) is 0 Å². The molecule has 1 fully saturated rings. The van der Waals surface area contributed by atoms with Crippen LogP contribution in [0.1, 0.15) is 35.2 Å². The van der Waals surface area contributed by atoms with Gasteiger partial charge in [-0.25, -0.2) is 4.98 Å². The average molecular weight is 440 g/mol. The third-order valence-corrected chi connectivity index (χ3v) is 7.12. The minimum absolute atomic E-state index is 0.466. The molecule has 1 saturated heterocycles. The van der Waals surface area contributed by atoms with E-state index in [1.165, 1.54) is 22.3 Å². The maximum atomic E-state index is 6.21. The number of anilines is 1. The van der Waals surface area contributed by atoms with Crippen molar-refractivity contribution in [3.05, 3.63) is 77.0 Å². The minimum atomic E-state index is 0.466. The second kappa shape index (κ2) is 9.08. The molecule has 4 aromatic rings. The molecule has 0 spiro atoms. The number of hydrogen-bond acceptors (Lipinski definition) is 5. The highest BCUT2D eigenvalue weighted by Gasteiger charge is 2.20. The summed E-state index contributed by atoms with van der Waals surface area (Å²) < 4.78 is 0. The first-order chi connectivity index (χ1) is 16.0. The van der Waals surface area contributed by atoms with Gasteiger partial charge in [0, 0.05) is 49.2 Å². The number of piperazine rings is 1. The van der Waals surface area contributed by atoms with Crippen LogP contribution in [0.25, 0.3) is 21.8 Å². The Balaban J connectivity index is 1.31. The Kier molecular flexibility index (Phi) is 6.00. The number of nitrogens with zero attached hydrogens (tertiary/aromatic N) is 4. The summed E-state index contributed by atoms with van der Waals surface area (Å²) >= 11 is 0. The molecule has 1 atom stereocenters. The smallest absolute Gasteiger partial charge is 0.150 e. The third-order valence-electron chi connectivity index (χ3n) is 7.12. The van der Waals surface area contributed by atoms with Crippen molar-refractivity contribution < 1.29 is 0 Å². The van der Waals surface area contributed by atoms with E-state index in [2.05, 4.69) is 89.2 Å². The van der Waals surface area contributed by atoms with E-state index in [0.29, 0.717) is 11.9 Å². The first-order valence-corrected chi connectivity index (χ1v) is 11.9. The maximum absolute atomic E-state index is 6.21. The van der Waals surface area contributed by atoms with Gasteiger partial charge in [0.1, 0.15) is 5.52 Å². The van der Waals surface area contributed by atoms with E-state index in [0.717, 1.165) is 60.8 Å². The summed E-state index contributed by atoms with van der Waals surface area (Å²) in [6.07, 6.45) is 3.89. The first kappa shape index (κ1) is 21.8. The number of aromatic nitrogens is 2. The summed E-state index contributed by atoms with van der Waals surface area (Å²) in [7, 11) is 2.21. The number of fused-ring (bicyclic) bond motifs is 3. The Labute approximate surface area is 196 Å². The molecule has 1 aliphatic rings. The lowest BCUT2D eigenvalue weighted by molar-refractivity contribution is 0.119. The Morgan fingerprint density at radius 1 is 0.909 bits per heavy atom. The van der Waals surface area contributed by atoms with Crippen LogP contribution >= 0.6 is 0 Å². The molecule has 5 nitrogen and oxygen atoms in total. The molecule has 2 N–H and O–H groups in total. The number of hydrogen-bond donors (Lipinski definition) is 1. The molecule has 1 aliphatic heterocycles. The number of nitrogens with two attached hydrogens (primary N) is 1. The van der Waals surface area contributed by atoms with Crippen LogP contribution in [0, 0.1) is 6.92 Å². The lowest BCUT2D eigenvalue weighted by Gasteiger charge is -2.36. The van der Waals surface area contributed by atoms with Gasteiger partial charge in [-0.1, -0.05) is 36.4 Å². The number of likely N-dealkylation sites (N-methyl/N-ethyl adjacent to an activating group) is 1. The van der Waals surface area contributed by atoms with E-state index >= 15 is 0 Å². The van der Waals surface area contributed by atoms with Gasteiger partial charge < -0.3 is 10.6 Å². The normalized spacial score (nSPS) is 16.5. The van der Waals surface area contributed by atoms with Crippen molar-refractivity contribution in [1.29, 1.82) is 0 Å². The highest BCUT2D eigenvalue weighted by atomic mass is 15.3. The number of nitrogen functional groups attached to an aromatic ring is 1. The quantitative estimate of drug-likeness (QED) is 0.454. The monoisotopic (exact) mass is 439 g/mol. The van der Waals surface area contributed by atoms with Gasteiger partial charge in [-0.05, 0) is 68.1 Å². The van der Waals surface area contributed by atoms with Crippen LogP contribution in [0.3, 0.4) is 0 Å². The Morgan fingerprint density at radius 3 is 2.39 bits per heavy atom. The molecule has 0 saturated carbocycles. The average Bonchev–Trinajstić information content (AvgIpc) is 2.83. The molecule has 1 unspecified atom stereocenters. The van der Waals surface area contributed by atoms with Gasteiger partial charge in [0.25, 0.3) is 0 Å². The fourth-order valence-corrected chi connectivity index (χ4v) is 4.87. The summed E-state index contributed by atoms with van der Waals surface area (Å²) in [5.41, 5.74) is 13.1. The molecule has 5 rings (SSSR count). The summed E-state index contributed by atoms with van der Waals surface area (Å²) in [4.78, 5) is 14.2. The molecule has 0 bridgehead atoms. The van der Waals surface area contributed by atoms with Gasteiger partial charge in [-0.3, -0.25) is 9.88 Å². The number of pyridine rings is 2. The summed E-state index contributed by atoms with van der Waals surface area (Å²) in [6.45, 7) is 8.99. The molecule has 33 heavy (non-hydrogen) atoms. The predicted molar refractivity (Wildman–Crippen MR) is 138 cm³/mol. The molecular formula is C28H33N5. The SMILES string of the molecule is Cc1ccc2c(c1)nc(N)c1ncc(CCc3ccc(C(C)N4CCN(C)CC4)cc3)cc12. The fourth-order valence-electron chi connectivity index (χ4n) is 4.87. The number of aryl methyl sites for hydroxylation is 3. The zero-order chi connectivity index (χ0) is 22.9. The second-order valence-corrected chi connectivity index (χ2v) is 9.51. The number of rotatable bonds is 5. The van der Waals surface area contributed by atoms with E-state index < -0.39 is 0 Å². The summed E-state index contributed by atoms with van der Waals surface area (Å²) in [5, 5.41) is 2.20. The van der Waals surface area contributed by atoms with Crippen LogP contribution in [-0.4, -0.2) is 53.0 Å². The highest BCUT2D eigenvalue weighted by Crippen LogP contribution is 2.28. The molecule has 0 radical (unpaired) electrons. The van der Waals surface area contributed by atoms with E-state index in [9.17, 15) is 0 Å². The maximum Gasteiger partial charge on any atom is 0.150 e. The molecule has 0 amide bonds. The molecule has 2 aromatic carbocycles.